The van der Waals surface area contributed by atoms with Gasteiger partial charge in [-0.05, 0) is 6.07 Å². The van der Waals surface area contributed by atoms with Crippen molar-refractivity contribution < 1.29 is 19.6 Å². The number of esters is 1. The fourth-order valence-corrected chi connectivity index (χ4v) is 1.98. The third-order valence-corrected chi connectivity index (χ3v) is 2.89. The number of nitro benzene ring substituents is 1. The topological polar surface area (TPSA) is 120 Å². The number of hydrogen-bond acceptors (Lipinski definition) is 7. The van der Waals surface area contributed by atoms with Gasteiger partial charge in [-0.1, -0.05) is 6.07 Å². The van der Waals surface area contributed by atoms with E-state index in [0.29, 0.717) is 23.3 Å². The van der Waals surface area contributed by atoms with Crippen LogP contribution in [0.4, 0.5) is 11.5 Å². The maximum absolute atomic E-state index is 11.0. The number of ether oxygens (including phenoxy) is 1. The van der Waals surface area contributed by atoms with Crippen molar-refractivity contribution in [3.63, 3.8) is 0 Å². The van der Waals surface area contributed by atoms with E-state index in [2.05, 4.69) is 15.2 Å². The van der Waals surface area contributed by atoms with Crippen LogP contribution in [0.5, 0.6) is 0 Å². The number of nitrogens with zero attached hydrogens (tertiary/aromatic N) is 3. The number of aromatic nitrogens is 2. The second kappa shape index (κ2) is 7.93. The standard InChI is InChI=1S/C12H14N4O4.CH4O/c1-15-11-8(4-3-5-9(11)16(18)19)12(14-15)13-7-6-10(17)20-2;1-2/h3-5H,6-7H2,1-2H3,(H,13,14);2H,1H3. The first kappa shape index (κ1) is 17.4. The number of aliphatic hydroxyl groups excluding tert-OH is 1. The van der Waals surface area contributed by atoms with Gasteiger partial charge < -0.3 is 15.2 Å². The minimum absolute atomic E-state index is 0.00137. The van der Waals surface area contributed by atoms with Crippen LogP contribution in [0.15, 0.2) is 18.2 Å². The van der Waals surface area contributed by atoms with E-state index in [9.17, 15) is 14.9 Å². The van der Waals surface area contributed by atoms with Crippen LogP contribution in [0.1, 0.15) is 6.42 Å². The number of fused-ring (bicyclic) bond motifs is 1. The van der Waals surface area contributed by atoms with Crippen molar-refractivity contribution >= 4 is 28.4 Å². The number of rotatable bonds is 5. The Bertz CT molecular complexity index is 668. The highest BCUT2D eigenvalue weighted by atomic mass is 16.6. The second-order valence-electron chi connectivity index (χ2n) is 4.16. The molecule has 0 saturated heterocycles. The zero-order valence-electron chi connectivity index (χ0n) is 12.6. The van der Waals surface area contributed by atoms with Crippen LogP contribution in [0, 0.1) is 10.1 Å². The van der Waals surface area contributed by atoms with Gasteiger partial charge in [-0.25, -0.2) is 0 Å². The quantitative estimate of drug-likeness (QED) is 0.481. The van der Waals surface area contributed by atoms with Crippen LogP contribution in [-0.4, -0.2) is 46.5 Å². The third kappa shape index (κ3) is 3.70. The molecule has 1 heterocycles. The molecule has 120 valence electrons. The Morgan fingerprint density at radius 2 is 2.18 bits per heavy atom. The summed E-state index contributed by atoms with van der Waals surface area (Å²) in [6, 6.07) is 4.78. The summed E-state index contributed by atoms with van der Waals surface area (Å²) in [7, 11) is 3.96. The lowest BCUT2D eigenvalue weighted by atomic mass is 10.2. The predicted molar refractivity (Wildman–Crippen MR) is 80.6 cm³/mol. The predicted octanol–water partition coefficient (Wildman–Crippen LogP) is 1.06. The number of benzene rings is 1. The first-order valence-corrected chi connectivity index (χ1v) is 6.40. The number of para-hydroxylation sites is 1. The summed E-state index contributed by atoms with van der Waals surface area (Å²) in [6.45, 7) is 0.349. The number of aliphatic hydroxyl groups is 1. The third-order valence-electron chi connectivity index (χ3n) is 2.89. The lowest BCUT2D eigenvalue weighted by Gasteiger charge is -2.02. The van der Waals surface area contributed by atoms with Crippen LogP contribution < -0.4 is 5.32 Å². The molecule has 0 aliphatic carbocycles. The lowest BCUT2D eigenvalue weighted by Crippen LogP contribution is -2.10. The van der Waals surface area contributed by atoms with E-state index in [4.69, 9.17) is 5.11 Å². The Morgan fingerprint density at radius 3 is 2.77 bits per heavy atom. The van der Waals surface area contributed by atoms with E-state index in [0.717, 1.165) is 7.11 Å². The van der Waals surface area contributed by atoms with E-state index in [1.165, 1.54) is 17.9 Å². The van der Waals surface area contributed by atoms with Crippen molar-refractivity contribution in [3.05, 3.63) is 28.3 Å². The Hall–Kier alpha value is -2.68. The molecule has 1 aromatic carbocycles. The van der Waals surface area contributed by atoms with Crippen LogP contribution in [0.2, 0.25) is 0 Å². The number of non-ortho nitro benzene ring substituents is 1. The van der Waals surface area contributed by atoms with Crippen molar-refractivity contribution in [1.29, 1.82) is 0 Å². The van der Waals surface area contributed by atoms with E-state index in [-0.39, 0.29) is 18.1 Å². The van der Waals surface area contributed by atoms with Gasteiger partial charge in [-0.2, -0.15) is 5.10 Å². The van der Waals surface area contributed by atoms with Crippen LogP contribution in [0.25, 0.3) is 10.9 Å². The molecule has 22 heavy (non-hydrogen) atoms. The first-order chi connectivity index (χ1) is 10.5. The number of hydrogen-bond donors (Lipinski definition) is 2. The van der Waals surface area contributed by atoms with E-state index in [1.54, 1.807) is 19.2 Å². The first-order valence-electron chi connectivity index (χ1n) is 6.40. The molecule has 9 heteroatoms. The molecule has 0 unspecified atom stereocenters. The Labute approximate surface area is 126 Å². The molecule has 2 N–H and O–H groups in total. The van der Waals surface area contributed by atoms with Crippen molar-refractivity contribution in [2.24, 2.45) is 7.05 Å². The number of methoxy groups -OCH3 is 1. The van der Waals surface area contributed by atoms with Crippen molar-refractivity contribution in [2.45, 2.75) is 6.42 Å². The maximum Gasteiger partial charge on any atom is 0.307 e. The number of nitro groups is 1. The van der Waals surface area contributed by atoms with Gasteiger partial charge >= 0.3 is 5.97 Å². The van der Waals surface area contributed by atoms with Gasteiger partial charge in [0.15, 0.2) is 5.82 Å². The maximum atomic E-state index is 11.0. The summed E-state index contributed by atoms with van der Waals surface area (Å²) in [5.41, 5.74) is 0.441. The molecule has 0 spiro atoms. The molecular weight excluding hydrogens is 292 g/mol. The van der Waals surface area contributed by atoms with Gasteiger partial charge in [0.1, 0.15) is 5.52 Å². The van der Waals surface area contributed by atoms with E-state index < -0.39 is 4.92 Å². The molecule has 0 aliphatic heterocycles. The number of anilines is 1. The zero-order valence-corrected chi connectivity index (χ0v) is 12.6. The van der Waals surface area contributed by atoms with E-state index in [1.807, 2.05) is 0 Å². The van der Waals surface area contributed by atoms with Gasteiger partial charge in [-0.15, -0.1) is 0 Å². The lowest BCUT2D eigenvalue weighted by molar-refractivity contribution is -0.383. The largest absolute Gasteiger partial charge is 0.469 e. The molecule has 2 aromatic rings. The molecule has 0 amide bonds. The van der Waals surface area contributed by atoms with Crippen molar-refractivity contribution in [1.82, 2.24) is 9.78 Å². The molecule has 2 rings (SSSR count). The summed E-state index contributed by atoms with van der Waals surface area (Å²) in [5.74, 6) is 0.179. The number of carbonyl (C=O) groups is 1. The highest BCUT2D eigenvalue weighted by molar-refractivity contribution is 5.96. The Kier molecular flexibility index (Phi) is 6.26. The van der Waals surface area contributed by atoms with Crippen LogP contribution in [-0.2, 0) is 16.6 Å². The summed E-state index contributed by atoms with van der Waals surface area (Å²) < 4.78 is 5.99. The fourth-order valence-electron chi connectivity index (χ4n) is 1.98. The van der Waals surface area contributed by atoms with Gasteiger partial charge in [0.2, 0.25) is 0 Å². The summed E-state index contributed by atoms with van der Waals surface area (Å²) in [4.78, 5) is 21.6. The average Bonchev–Trinajstić information content (AvgIpc) is 2.85. The molecule has 0 fully saturated rings. The van der Waals surface area contributed by atoms with Crippen molar-refractivity contribution in [3.8, 4) is 0 Å². The summed E-state index contributed by atoms with van der Waals surface area (Å²) in [6.07, 6.45) is 0.198. The van der Waals surface area contributed by atoms with Crippen LogP contribution >= 0.6 is 0 Å². The number of nitrogens with one attached hydrogen (secondary N) is 1. The minimum atomic E-state index is -0.442. The molecule has 1 aromatic heterocycles. The zero-order chi connectivity index (χ0) is 16.7. The molecule has 9 nitrogen and oxygen atoms in total. The van der Waals surface area contributed by atoms with Crippen LogP contribution in [0.3, 0.4) is 0 Å². The smallest absolute Gasteiger partial charge is 0.307 e. The fraction of sp³-hybridized carbons (Fsp3) is 0.385. The van der Waals surface area contributed by atoms with Gasteiger partial charge in [0.05, 0.1) is 23.8 Å². The van der Waals surface area contributed by atoms with Crippen molar-refractivity contribution in [2.75, 3.05) is 26.1 Å². The average molecular weight is 310 g/mol. The normalized spacial score (nSPS) is 9.82. The molecule has 0 saturated carbocycles. The highest BCUT2D eigenvalue weighted by Crippen LogP contribution is 2.29. The molecular formula is C13H18N4O5. The SMILES string of the molecule is CO.COC(=O)CCNc1nn(C)c2c([N+](=O)[O-])cccc12. The Morgan fingerprint density at radius 1 is 1.50 bits per heavy atom. The molecule has 0 bridgehead atoms. The minimum Gasteiger partial charge on any atom is -0.469 e. The molecule has 0 radical (unpaired) electrons. The van der Waals surface area contributed by atoms with Gasteiger partial charge in [0, 0.05) is 26.8 Å². The van der Waals surface area contributed by atoms with Gasteiger partial charge in [-0.3, -0.25) is 19.6 Å². The van der Waals surface area contributed by atoms with Gasteiger partial charge in [0.25, 0.3) is 5.69 Å². The summed E-state index contributed by atoms with van der Waals surface area (Å²) >= 11 is 0. The number of carbonyl (C=O) groups excluding carboxylic acids is 1. The molecule has 0 atom stereocenters. The monoisotopic (exact) mass is 310 g/mol. The second-order valence-corrected chi connectivity index (χ2v) is 4.16. The Balaban J connectivity index is 0.00000116. The number of aryl methyl sites for hydroxylation is 1. The molecule has 0 aliphatic rings. The van der Waals surface area contributed by atoms with E-state index >= 15 is 0 Å². The highest BCUT2D eigenvalue weighted by Gasteiger charge is 2.18. The summed E-state index contributed by atoms with van der Waals surface area (Å²) in [5, 5.41) is 25.8.